The second-order valence-corrected chi connectivity index (χ2v) is 30.7. The predicted octanol–water partition coefficient (Wildman–Crippen LogP) is 8.85. The number of carbonyl (C=O) groups is 6. The number of nitrogens with two attached hydrogens (primary N) is 2. The lowest BCUT2D eigenvalue weighted by molar-refractivity contribution is -0.265. The standard InChI is InChI=1S/C83H124N12O20/c1-52-18-12-11-13-19-53(2)68(104-8)47-62-24-21-58(7)83(103,115-62)77(100)80(101)94-30-16-14-20-64(94)81(102)113-69(48-65(96)54(3)43-57(6)75(99)76(106-10)74(98)56(5)42-52)55(4)44-59-22-25-67(70(45-59)105-9)112-41-40-111-50-61(92-86)49-87-29-33-108-35-37-110-39-38-109-36-34-107-32-27-71(97)88-28-15-17-31-95-79-72(78(84)89-51-90-79)73(93-95)60-23-26-66-63(46-60)91-82(85)114-66/h11-13,18-19,23,26,43,46,49,51-52,54-56,58-59,62,64,67-70,75-76,86-87,99,103H,14-17,20-22,24-25,27-42,44-45,47-48,50H2,1-10H3,(H2,85,91)(H,88,97)(H2,84,89,90)/b13-11+,18-12+,53-19+,57-43+,61-49-,92-86?/t52-,54-,55-,56-,58-,59+,62+,64+,67-,68+,69+,70-,75-,76+,83-/m1/s1. The summed E-state index contributed by atoms with van der Waals surface area (Å²) in [6, 6.07) is 4.36. The number of unbranched alkanes of at least 4 members (excludes halogenated alkanes) is 1. The Hall–Kier alpha value is -8.12. The molecule has 636 valence electrons. The third kappa shape index (κ3) is 27.5. The Labute approximate surface area is 674 Å². The van der Waals surface area contributed by atoms with Gasteiger partial charge >= 0.3 is 5.97 Å². The Kier molecular flexibility index (Phi) is 38.0. The molecule has 9 N–H and O–H groups in total. The largest absolute Gasteiger partial charge is 0.460 e. The zero-order valence-electron chi connectivity index (χ0n) is 68.7. The van der Waals surface area contributed by atoms with Crippen molar-refractivity contribution >= 4 is 69.1 Å². The van der Waals surface area contributed by atoms with Crippen molar-refractivity contribution in [1.29, 1.82) is 5.53 Å². The van der Waals surface area contributed by atoms with Gasteiger partial charge in [0, 0.05) is 96.3 Å². The van der Waals surface area contributed by atoms with E-state index < -0.39 is 83.7 Å². The van der Waals surface area contributed by atoms with Crippen LogP contribution in [0, 0.1) is 41.0 Å². The normalized spacial score (nSPS) is 28.1. The van der Waals surface area contributed by atoms with Gasteiger partial charge in [-0.25, -0.2) is 25.0 Å². The van der Waals surface area contributed by atoms with E-state index in [9.17, 15) is 39.0 Å². The first-order valence-electron chi connectivity index (χ1n) is 40.6. The third-order valence-corrected chi connectivity index (χ3v) is 22.0. The van der Waals surface area contributed by atoms with Gasteiger partial charge in [0.05, 0.1) is 102 Å². The van der Waals surface area contributed by atoms with Crippen LogP contribution in [-0.4, -0.2) is 243 Å². The van der Waals surface area contributed by atoms with Crippen LogP contribution in [0.3, 0.4) is 0 Å². The number of carbonyl (C=O) groups excluding carboxylic acids is 6. The predicted molar refractivity (Wildman–Crippen MR) is 428 cm³/mol. The molecule has 1 saturated carbocycles. The van der Waals surface area contributed by atoms with Crippen LogP contribution in [0.2, 0.25) is 0 Å². The molecule has 2 bridgehead atoms. The fourth-order valence-corrected chi connectivity index (χ4v) is 15.3. The summed E-state index contributed by atoms with van der Waals surface area (Å²) >= 11 is 0. The number of methoxy groups -OCH3 is 3. The molecule has 15 atom stereocenters. The minimum atomic E-state index is -2.47. The maximum atomic E-state index is 14.8. The van der Waals surface area contributed by atoms with Gasteiger partial charge in [0.2, 0.25) is 11.7 Å². The number of ether oxygens (including phenoxy) is 11. The van der Waals surface area contributed by atoms with Crippen LogP contribution in [0.4, 0.5) is 11.8 Å². The van der Waals surface area contributed by atoms with Crippen molar-refractivity contribution in [2.45, 2.75) is 206 Å². The first-order valence-corrected chi connectivity index (χ1v) is 40.6. The average molecular weight is 1610 g/mol. The number of oxazole rings is 1. The van der Waals surface area contributed by atoms with Crippen molar-refractivity contribution in [2.75, 3.05) is 125 Å². The van der Waals surface area contributed by atoms with Gasteiger partial charge in [-0.05, 0) is 138 Å². The lowest BCUT2D eigenvalue weighted by Crippen LogP contribution is -2.61. The van der Waals surface area contributed by atoms with E-state index >= 15 is 0 Å². The second kappa shape index (κ2) is 47.3. The van der Waals surface area contributed by atoms with Crippen LogP contribution in [0.5, 0.6) is 0 Å². The molecule has 0 radical (unpaired) electrons. The minimum Gasteiger partial charge on any atom is -0.460 e. The van der Waals surface area contributed by atoms with E-state index in [-0.39, 0.29) is 99.8 Å². The number of anilines is 2. The van der Waals surface area contributed by atoms with E-state index in [4.69, 9.17) is 78.6 Å². The number of amides is 2. The molecule has 32 heteroatoms. The molecule has 2 saturated heterocycles. The van der Waals surface area contributed by atoms with Crippen molar-refractivity contribution in [2.24, 2.45) is 40.6 Å². The summed E-state index contributed by atoms with van der Waals surface area (Å²) in [4.78, 5) is 98.7. The maximum absolute atomic E-state index is 14.8. The van der Waals surface area contributed by atoms with E-state index in [0.717, 1.165) is 30.4 Å². The zero-order valence-corrected chi connectivity index (χ0v) is 68.7. The molecular formula is C83H124N12O20. The van der Waals surface area contributed by atoms with E-state index in [1.54, 1.807) is 58.0 Å². The molecule has 6 heterocycles. The number of ketones is 3. The molecule has 3 fully saturated rings. The fraction of sp³-hybridized carbons (Fsp3) is 0.663. The molecule has 1 aromatic carbocycles. The van der Waals surface area contributed by atoms with Gasteiger partial charge in [-0.2, -0.15) is 15.2 Å². The number of hydrogen-bond acceptors (Lipinski definition) is 29. The summed E-state index contributed by atoms with van der Waals surface area (Å²) in [5.74, 6) is -8.19. The summed E-state index contributed by atoms with van der Waals surface area (Å²) in [5.41, 5.74) is 24.5. The molecule has 4 aliphatic rings. The number of aliphatic hydroxyl groups excluding tert-OH is 1. The number of piperidine rings is 1. The second-order valence-electron chi connectivity index (χ2n) is 30.7. The van der Waals surface area contributed by atoms with Crippen molar-refractivity contribution < 1.29 is 95.5 Å². The number of esters is 1. The molecule has 1 aliphatic carbocycles. The van der Waals surface area contributed by atoms with E-state index in [2.05, 4.69) is 30.7 Å². The number of nitrogen functional groups attached to an aromatic ring is 2. The van der Waals surface area contributed by atoms with E-state index in [0.29, 0.717) is 169 Å². The van der Waals surface area contributed by atoms with Crippen molar-refractivity contribution in [1.82, 2.24) is 40.3 Å². The molecule has 0 spiro atoms. The number of aromatic nitrogens is 5. The Morgan fingerprint density at radius 3 is 2.29 bits per heavy atom. The summed E-state index contributed by atoms with van der Waals surface area (Å²) in [6.07, 6.45) is 15.8. The van der Waals surface area contributed by atoms with Crippen molar-refractivity contribution in [3.8, 4) is 11.3 Å². The van der Waals surface area contributed by atoms with Gasteiger partial charge in [-0.15, -0.1) is 0 Å². The van der Waals surface area contributed by atoms with Gasteiger partial charge in [0.15, 0.2) is 17.0 Å². The number of hydrogen-bond donors (Lipinski definition) is 7. The lowest BCUT2D eigenvalue weighted by Gasteiger charge is -2.42. The molecule has 115 heavy (non-hydrogen) atoms. The maximum Gasteiger partial charge on any atom is 0.329 e. The number of Topliss-reactive ketones (excluding diaryl/α,β-unsaturated/α-hetero) is 3. The molecule has 0 unspecified atom stereocenters. The van der Waals surface area contributed by atoms with Crippen LogP contribution in [-0.2, 0) is 87.4 Å². The number of benzene rings is 1. The minimum absolute atomic E-state index is 0.0124. The van der Waals surface area contributed by atoms with Crippen LogP contribution in [0.15, 0.2) is 93.6 Å². The highest BCUT2D eigenvalue weighted by Gasteiger charge is 2.53. The Balaban J connectivity index is 0.717. The highest BCUT2D eigenvalue weighted by atomic mass is 16.6. The number of cyclic esters (lactones) is 1. The quantitative estimate of drug-likeness (QED) is 0.00743. The number of nitrogens with zero attached hydrogens (tertiary/aromatic N) is 7. The number of allylic oxidation sites excluding steroid dienone is 6. The average Bonchev–Trinajstić information content (AvgIpc) is 1.61. The van der Waals surface area contributed by atoms with Gasteiger partial charge in [-0.1, -0.05) is 71.1 Å². The first-order chi connectivity index (χ1) is 55.4. The van der Waals surface area contributed by atoms with Gasteiger partial charge in [0.25, 0.3) is 17.7 Å². The van der Waals surface area contributed by atoms with Crippen LogP contribution in [0.25, 0.3) is 33.4 Å². The first kappa shape index (κ1) is 92.4. The van der Waals surface area contributed by atoms with E-state index in [1.165, 1.54) is 18.3 Å². The van der Waals surface area contributed by atoms with Gasteiger partial charge in [0.1, 0.15) is 59.2 Å². The molecule has 3 aliphatic heterocycles. The summed E-state index contributed by atoms with van der Waals surface area (Å²) in [6.45, 7) is 17.6. The summed E-state index contributed by atoms with van der Waals surface area (Å²) in [5, 5.41) is 38.9. The van der Waals surface area contributed by atoms with Crippen LogP contribution >= 0.6 is 0 Å². The number of nitrogens with one attached hydrogen (secondary N) is 3. The smallest absolute Gasteiger partial charge is 0.329 e. The SMILES string of the molecule is CO[C@H]1C[C@@H]2CC[C@@H](C)[C@@](O)(O2)C(=O)C(=O)N2CCCC[C@H]2C(=O)O[C@H]([C@H](C)C[C@@H]2CC[C@@H](OCCOC/C(=C/NCCOCCOCCOCCOCCC(=O)NCCCCn3nc(-c4ccc5oc(N)nc5c4)c4c(N)ncnc43)N=N)[C@H](OC)C2)CC(=O)[C@H](C)/C=C(\C)[C@@H](O)[C@@H](OC)C(=O)[C@H](C)C[C@H](C)/C=C/C=C/C=C/1C. The molecule has 2 amide bonds. The van der Waals surface area contributed by atoms with Gasteiger partial charge in [-0.3, -0.25) is 24.0 Å². The molecule has 32 nitrogen and oxygen atoms in total. The van der Waals surface area contributed by atoms with Crippen molar-refractivity contribution in [3.05, 3.63) is 84.0 Å². The Morgan fingerprint density at radius 1 is 0.817 bits per heavy atom. The third-order valence-electron chi connectivity index (χ3n) is 22.0. The molecular weight excluding hydrogens is 1480 g/mol. The molecule has 3 aromatic heterocycles. The van der Waals surface area contributed by atoms with Crippen molar-refractivity contribution in [3.63, 3.8) is 0 Å². The topological polar surface area (TPSA) is 430 Å². The summed E-state index contributed by atoms with van der Waals surface area (Å²) < 4.78 is 72.0. The highest BCUT2D eigenvalue weighted by Crippen LogP contribution is 2.39. The van der Waals surface area contributed by atoms with Crippen LogP contribution in [0.1, 0.15) is 145 Å². The Bertz CT molecular complexity index is 3960. The van der Waals surface area contributed by atoms with E-state index in [1.807, 2.05) is 70.2 Å². The number of aliphatic hydroxyl groups is 2. The molecule has 4 aromatic rings. The Morgan fingerprint density at radius 2 is 1.56 bits per heavy atom. The summed E-state index contributed by atoms with van der Waals surface area (Å²) in [7, 11) is 4.58. The van der Waals surface area contributed by atoms with Crippen LogP contribution < -0.4 is 22.1 Å². The molecule has 8 rings (SSSR count). The highest BCUT2D eigenvalue weighted by molar-refractivity contribution is 6.39. The number of rotatable bonds is 35. The number of aryl methyl sites for hydroxylation is 1. The van der Waals surface area contributed by atoms with Gasteiger partial charge < -0.3 is 93.7 Å². The lowest BCUT2D eigenvalue weighted by atomic mass is 9.78. The number of fused-ring (bicyclic) bond motifs is 5. The monoisotopic (exact) mass is 1610 g/mol. The fourth-order valence-electron chi connectivity index (χ4n) is 15.3. The zero-order chi connectivity index (χ0) is 83.0.